The molecule has 0 bridgehead atoms. The van der Waals surface area contributed by atoms with Crippen molar-refractivity contribution in [3.05, 3.63) is 46.4 Å². The Bertz CT molecular complexity index is 570. The van der Waals surface area contributed by atoms with Crippen molar-refractivity contribution in [3.63, 3.8) is 0 Å². The number of hydrogen-bond acceptors (Lipinski definition) is 4. The van der Waals surface area contributed by atoms with Crippen molar-refractivity contribution < 1.29 is 9.90 Å². The van der Waals surface area contributed by atoms with Gasteiger partial charge in [0.15, 0.2) is 5.78 Å². The molecule has 1 aromatic rings. The van der Waals surface area contributed by atoms with Crippen LogP contribution in [0.25, 0.3) is 0 Å². The molecule has 3 rings (SSSR count). The number of benzene rings is 1. The van der Waals surface area contributed by atoms with Crippen molar-refractivity contribution in [2.45, 2.75) is 25.2 Å². The number of thioether (sulfide) groups is 1. The summed E-state index contributed by atoms with van der Waals surface area (Å²) in [5.41, 5.74) is 2.64. The van der Waals surface area contributed by atoms with E-state index in [0.29, 0.717) is 11.2 Å². The molecule has 21 heavy (non-hydrogen) atoms. The van der Waals surface area contributed by atoms with E-state index in [2.05, 4.69) is 16.8 Å². The van der Waals surface area contributed by atoms with E-state index in [0.717, 1.165) is 36.2 Å². The summed E-state index contributed by atoms with van der Waals surface area (Å²) in [4.78, 5) is 12.9. The van der Waals surface area contributed by atoms with Crippen LogP contribution in [-0.4, -0.2) is 29.2 Å². The number of Topliss-reactive ketones (excluding diaryl/α,β-unsaturated/α-hetero) is 1. The number of carbonyl (C=O) groups is 1. The van der Waals surface area contributed by atoms with Crippen LogP contribution < -0.4 is 5.32 Å². The smallest absolute Gasteiger partial charge is 0.167 e. The zero-order valence-corrected chi connectivity index (χ0v) is 13.0. The lowest BCUT2D eigenvalue weighted by Gasteiger charge is -2.23. The number of ketones is 1. The second kappa shape index (κ2) is 6.34. The fourth-order valence-electron chi connectivity index (χ4n) is 3.25. The van der Waals surface area contributed by atoms with Gasteiger partial charge in [-0.05, 0) is 42.5 Å². The van der Waals surface area contributed by atoms with Crippen molar-refractivity contribution in [1.29, 1.82) is 0 Å². The first-order valence-electron chi connectivity index (χ1n) is 7.48. The summed E-state index contributed by atoms with van der Waals surface area (Å²) >= 11 is 1.86. The molecule has 4 heteroatoms. The maximum Gasteiger partial charge on any atom is 0.167 e. The zero-order chi connectivity index (χ0) is 14.8. The lowest BCUT2D eigenvalue weighted by Crippen LogP contribution is -2.32. The molecule has 1 fully saturated rings. The Morgan fingerprint density at radius 3 is 3.10 bits per heavy atom. The van der Waals surface area contributed by atoms with Gasteiger partial charge in [-0.25, -0.2) is 0 Å². The van der Waals surface area contributed by atoms with E-state index in [1.807, 2.05) is 36.9 Å². The van der Waals surface area contributed by atoms with Crippen LogP contribution in [0.5, 0.6) is 0 Å². The van der Waals surface area contributed by atoms with Gasteiger partial charge in [0, 0.05) is 29.2 Å². The molecular weight excluding hydrogens is 282 g/mol. The molecule has 0 amide bonds. The monoisotopic (exact) mass is 303 g/mol. The van der Waals surface area contributed by atoms with Gasteiger partial charge in [0.25, 0.3) is 0 Å². The van der Waals surface area contributed by atoms with Gasteiger partial charge in [-0.15, -0.1) is 11.8 Å². The average molecular weight is 303 g/mol. The van der Waals surface area contributed by atoms with Crippen LogP contribution in [0.1, 0.15) is 27.9 Å². The molecule has 0 radical (unpaired) electrons. The van der Waals surface area contributed by atoms with E-state index >= 15 is 0 Å². The lowest BCUT2D eigenvalue weighted by molar-refractivity contribution is 0.0894. The first kappa shape index (κ1) is 14.8. The number of hydrogen-bond donors (Lipinski definition) is 2. The maximum atomic E-state index is 12.9. The van der Waals surface area contributed by atoms with E-state index in [1.165, 1.54) is 0 Å². The maximum absolute atomic E-state index is 12.9. The second-order valence-electron chi connectivity index (χ2n) is 5.84. The molecule has 3 atom stereocenters. The van der Waals surface area contributed by atoms with Crippen LogP contribution in [0.4, 0.5) is 0 Å². The number of aliphatic hydroxyl groups is 1. The standard InChI is InChI=1S/C17H21NO2S/c1-11-8-12(2-3-13(11)10-19)17(20)15-9-18-6-4-16-14(15)5-7-21-16/h2-3,5,7-8,14-16,18-19H,4,6,9-10H2,1H3. The van der Waals surface area contributed by atoms with Crippen molar-refractivity contribution in [1.82, 2.24) is 5.32 Å². The number of carbonyl (C=O) groups excluding carboxylic acids is 1. The molecule has 2 aliphatic rings. The quantitative estimate of drug-likeness (QED) is 0.843. The van der Waals surface area contributed by atoms with Crippen LogP contribution >= 0.6 is 11.8 Å². The number of aliphatic hydroxyl groups excluding tert-OH is 1. The van der Waals surface area contributed by atoms with Gasteiger partial charge in [0.05, 0.1) is 6.61 Å². The highest BCUT2D eigenvalue weighted by Crippen LogP contribution is 2.39. The fourth-order valence-corrected chi connectivity index (χ4v) is 4.44. The van der Waals surface area contributed by atoms with Gasteiger partial charge in [-0.1, -0.05) is 18.2 Å². The molecule has 3 nitrogen and oxygen atoms in total. The number of nitrogens with one attached hydrogen (secondary N) is 1. The third kappa shape index (κ3) is 2.93. The molecule has 1 saturated heterocycles. The van der Waals surface area contributed by atoms with E-state index < -0.39 is 0 Å². The third-order valence-electron chi connectivity index (χ3n) is 4.55. The zero-order valence-electron chi connectivity index (χ0n) is 12.2. The van der Waals surface area contributed by atoms with E-state index in [9.17, 15) is 9.90 Å². The first-order valence-corrected chi connectivity index (χ1v) is 8.42. The van der Waals surface area contributed by atoms with Gasteiger partial charge < -0.3 is 10.4 Å². The SMILES string of the molecule is Cc1cc(C(=O)C2CNCCC3SC=CC32)ccc1CO. The van der Waals surface area contributed by atoms with Gasteiger partial charge in [-0.3, -0.25) is 4.79 Å². The van der Waals surface area contributed by atoms with Gasteiger partial charge in [0.1, 0.15) is 0 Å². The highest BCUT2D eigenvalue weighted by atomic mass is 32.2. The summed E-state index contributed by atoms with van der Waals surface area (Å²) in [6.07, 6.45) is 3.33. The van der Waals surface area contributed by atoms with Gasteiger partial charge in [0.2, 0.25) is 0 Å². The van der Waals surface area contributed by atoms with E-state index in [1.54, 1.807) is 0 Å². The minimum Gasteiger partial charge on any atom is -0.392 e. The normalized spacial score (nSPS) is 28.2. The molecule has 2 N–H and O–H groups in total. The average Bonchev–Trinajstić information content (AvgIpc) is 2.86. The molecule has 112 valence electrons. The Kier molecular flexibility index (Phi) is 4.48. The van der Waals surface area contributed by atoms with Crippen LogP contribution in [0.15, 0.2) is 29.7 Å². The summed E-state index contributed by atoms with van der Waals surface area (Å²) in [7, 11) is 0. The summed E-state index contributed by atoms with van der Waals surface area (Å²) in [5, 5.41) is 15.3. The summed E-state index contributed by atoms with van der Waals surface area (Å²) in [6.45, 7) is 3.71. The number of aryl methyl sites for hydroxylation is 1. The Morgan fingerprint density at radius 2 is 2.33 bits per heavy atom. The Balaban J connectivity index is 1.86. The molecule has 0 aromatic heterocycles. The summed E-state index contributed by atoms with van der Waals surface area (Å²) in [6, 6.07) is 5.63. The topological polar surface area (TPSA) is 49.3 Å². The lowest BCUT2D eigenvalue weighted by atomic mass is 9.83. The molecular formula is C17H21NO2S. The Hall–Kier alpha value is -1.10. The molecule has 0 aliphatic carbocycles. The Morgan fingerprint density at radius 1 is 1.48 bits per heavy atom. The van der Waals surface area contributed by atoms with Crippen molar-refractivity contribution in [3.8, 4) is 0 Å². The Labute approximate surface area is 129 Å². The van der Waals surface area contributed by atoms with Crippen molar-refractivity contribution in [2.75, 3.05) is 13.1 Å². The molecule has 2 aliphatic heterocycles. The van der Waals surface area contributed by atoms with Crippen molar-refractivity contribution >= 4 is 17.5 Å². The molecule has 2 heterocycles. The summed E-state index contributed by atoms with van der Waals surface area (Å²) in [5.74, 6) is 0.581. The molecule has 0 spiro atoms. The molecule has 0 saturated carbocycles. The highest BCUT2D eigenvalue weighted by Gasteiger charge is 2.36. The minimum absolute atomic E-state index is 0.0168. The van der Waals surface area contributed by atoms with Gasteiger partial charge >= 0.3 is 0 Å². The first-order chi connectivity index (χ1) is 10.2. The van der Waals surface area contributed by atoms with Crippen LogP contribution in [0, 0.1) is 18.8 Å². The molecule has 1 aromatic carbocycles. The van der Waals surface area contributed by atoms with Gasteiger partial charge in [-0.2, -0.15) is 0 Å². The number of fused-ring (bicyclic) bond motifs is 1. The predicted octanol–water partition coefficient (Wildman–Crippen LogP) is 2.52. The number of allylic oxidation sites excluding steroid dienone is 1. The van der Waals surface area contributed by atoms with Crippen LogP contribution in [0.3, 0.4) is 0 Å². The largest absolute Gasteiger partial charge is 0.392 e. The predicted molar refractivity (Wildman–Crippen MR) is 86.4 cm³/mol. The van der Waals surface area contributed by atoms with Crippen LogP contribution in [0.2, 0.25) is 0 Å². The van der Waals surface area contributed by atoms with Crippen molar-refractivity contribution in [2.24, 2.45) is 11.8 Å². The molecule has 3 unspecified atom stereocenters. The third-order valence-corrected chi connectivity index (χ3v) is 5.77. The number of rotatable bonds is 3. The summed E-state index contributed by atoms with van der Waals surface area (Å²) < 4.78 is 0. The van der Waals surface area contributed by atoms with E-state index in [-0.39, 0.29) is 18.3 Å². The highest BCUT2D eigenvalue weighted by molar-refractivity contribution is 8.03. The van der Waals surface area contributed by atoms with E-state index in [4.69, 9.17) is 0 Å². The van der Waals surface area contributed by atoms with Crippen LogP contribution in [-0.2, 0) is 6.61 Å². The second-order valence-corrected chi connectivity index (χ2v) is 6.99. The minimum atomic E-state index is 0.0168. The fraction of sp³-hybridized carbons (Fsp3) is 0.471.